The minimum Gasteiger partial charge on any atom is -0.321 e. The fourth-order valence-electron chi connectivity index (χ4n) is 2.76. The molecular formula is C17H21N5O2S. The maximum atomic E-state index is 12.5. The molecule has 0 spiro atoms. The lowest BCUT2D eigenvalue weighted by Crippen LogP contribution is -2.36. The van der Waals surface area contributed by atoms with Crippen molar-refractivity contribution in [1.29, 1.82) is 0 Å². The fraction of sp³-hybridized carbons (Fsp3) is 0.412. The second-order valence-electron chi connectivity index (χ2n) is 6.02. The van der Waals surface area contributed by atoms with Crippen LogP contribution in [0.5, 0.6) is 0 Å². The van der Waals surface area contributed by atoms with Crippen LogP contribution in [0.1, 0.15) is 29.3 Å². The van der Waals surface area contributed by atoms with Gasteiger partial charge in [0.15, 0.2) is 0 Å². The van der Waals surface area contributed by atoms with Gasteiger partial charge in [-0.05, 0) is 31.9 Å². The zero-order chi connectivity index (χ0) is 17.8. The van der Waals surface area contributed by atoms with Crippen molar-refractivity contribution < 1.29 is 9.59 Å². The van der Waals surface area contributed by atoms with Gasteiger partial charge in [-0.1, -0.05) is 23.5 Å². The zero-order valence-corrected chi connectivity index (χ0v) is 15.2. The molecular weight excluding hydrogens is 338 g/mol. The smallest absolute Gasteiger partial charge is 0.321 e. The van der Waals surface area contributed by atoms with E-state index in [-0.39, 0.29) is 11.9 Å². The Kier molecular flexibility index (Phi) is 5.28. The number of hydrogen-bond donors (Lipinski definition) is 1. The average Bonchev–Trinajstić information content (AvgIpc) is 3.01. The Balaban J connectivity index is 1.71. The van der Waals surface area contributed by atoms with Crippen molar-refractivity contribution in [1.82, 2.24) is 15.1 Å². The molecule has 0 atom stereocenters. The van der Waals surface area contributed by atoms with E-state index in [1.165, 1.54) is 11.3 Å². The molecule has 1 aromatic carbocycles. The number of nitrogens with zero attached hydrogens (tertiary/aromatic N) is 4. The van der Waals surface area contributed by atoms with Crippen LogP contribution in [-0.2, 0) is 11.3 Å². The molecule has 0 radical (unpaired) electrons. The van der Waals surface area contributed by atoms with Gasteiger partial charge in [0.05, 0.1) is 17.9 Å². The lowest BCUT2D eigenvalue weighted by molar-refractivity contribution is -0.119. The molecule has 1 aromatic heterocycles. The first-order valence-corrected chi connectivity index (χ1v) is 9.07. The molecule has 0 bridgehead atoms. The van der Waals surface area contributed by atoms with Gasteiger partial charge in [0.2, 0.25) is 5.91 Å². The van der Waals surface area contributed by atoms with Crippen LogP contribution in [0.3, 0.4) is 0 Å². The van der Waals surface area contributed by atoms with E-state index in [0.717, 1.165) is 28.5 Å². The van der Waals surface area contributed by atoms with E-state index < -0.39 is 0 Å². The summed E-state index contributed by atoms with van der Waals surface area (Å²) in [5, 5.41) is 12.6. The number of para-hydroxylation sites is 2. The number of benzene rings is 1. The highest BCUT2D eigenvalue weighted by molar-refractivity contribution is 7.11. The van der Waals surface area contributed by atoms with Crippen molar-refractivity contribution in [3.05, 3.63) is 34.3 Å². The van der Waals surface area contributed by atoms with Crippen molar-refractivity contribution in [2.45, 2.75) is 32.7 Å². The monoisotopic (exact) mass is 359 g/mol. The van der Waals surface area contributed by atoms with E-state index in [2.05, 4.69) is 15.5 Å². The van der Waals surface area contributed by atoms with Gasteiger partial charge in [-0.2, -0.15) is 0 Å². The minimum absolute atomic E-state index is 0.102. The Morgan fingerprint density at radius 3 is 2.84 bits per heavy atom. The first-order chi connectivity index (χ1) is 12.0. The number of amides is 3. The summed E-state index contributed by atoms with van der Waals surface area (Å²) in [5.41, 5.74) is 1.39. The van der Waals surface area contributed by atoms with E-state index in [1.54, 1.807) is 16.8 Å². The maximum absolute atomic E-state index is 12.5. The van der Waals surface area contributed by atoms with Crippen molar-refractivity contribution >= 4 is 34.6 Å². The Labute approximate surface area is 150 Å². The number of carbonyl (C=O) groups is 2. The molecule has 1 aliphatic heterocycles. The number of hydrogen-bond acceptors (Lipinski definition) is 5. The summed E-state index contributed by atoms with van der Waals surface area (Å²) in [4.78, 5) is 28.0. The van der Waals surface area contributed by atoms with Gasteiger partial charge in [0, 0.05) is 20.0 Å². The van der Waals surface area contributed by atoms with Crippen LogP contribution >= 0.6 is 11.3 Å². The predicted molar refractivity (Wildman–Crippen MR) is 97.8 cm³/mol. The average molecular weight is 359 g/mol. The van der Waals surface area contributed by atoms with Gasteiger partial charge in [0.25, 0.3) is 0 Å². The topological polar surface area (TPSA) is 78.4 Å². The van der Waals surface area contributed by atoms with Gasteiger partial charge in [-0.15, -0.1) is 10.2 Å². The molecule has 1 N–H and O–H groups in total. The lowest BCUT2D eigenvalue weighted by Gasteiger charge is -2.29. The second-order valence-corrected chi connectivity index (χ2v) is 7.29. The minimum atomic E-state index is -0.246. The third-order valence-electron chi connectivity index (χ3n) is 4.05. The Morgan fingerprint density at radius 2 is 2.12 bits per heavy atom. The standard InChI is InChI=1S/C17H21N5O2S/c1-12-19-20-15(25-12)11-21(2)17(24)18-13-7-3-4-8-14(13)22-10-6-5-9-16(22)23/h3-4,7-8H,5-6,9-11H2,1-2H3,(H,18,24). The Hall–Kier alpha value is -2.48. The van der Waals surface area contributed by atoms with Crippen molar-refractivity contribution in [3.8, 4) is 0 Å². The molecule has 25 heavy (non-hydrogen) atoms. The summed E-state index contributed by atoms with van der Waals surface area (Å²) < 4.78 is 0. The highest BCUT2D eigenvalue weighted by atomic mass is 32.1. The Bertz CT molecular complexity index is 776. The third-order valence-corrected chi connectivity index (χ3v) is 4.87. The molecule has 1 aliphatic rings. The Morgan fingerprint density at radius 1 is 1.32 bits per heavy atom. The molecule has 7 nitrogen and oxygen atoms in total. The van der Waals surface area contributed by atoms with E-state index in [1.807, 2.05) is 31.2 Å². The number of aromatic nitrogens is 2. The van der Waals surface area contributed by atoms with Gasteiger partial charge in [0.1, 0.15) is 10.0 Å². The molecule has 1 fully saturated rings. The number of anilines is 2. The second kappa shape index (κ2) is 7.60. The molecule has 3 rings (SSSR count). The van der Waals surface area contributed by atoms with Crippen LogP contribution in [0.4, 0.5) is 16.2 Å². The number of nitrogens with one attached hydrogen (secondary N) is 1. The first kappa shape index (κ1) is 17.3. The summed E-state index contributed by atoms with van der Waals surface area (Å²) >= 11 is 1.47. The van der Waals surface area contributed by atoms with E-state index >= 15 is 0 Å². The number of aryl methyl sites for hydroxylation is 1. The molecule has 0 unspecified atom stereocenters. The summed E-state index contributed by atoms with van der Waals surface area (Å²) in [6, 6.07) is 7.16. The van der Waals surface area contributed by atoms with Crippen LogP contribution in [0.2, 0.25) is 0 Å². The summed E-state index contributed by atoms with van der Waals surface area (Å²) in [6.45, 7) is 2.96. The van der Waals surface area contributed by atoms with E-state index in [0.29, 0.717) is 25.2 Å². The largest absolute Gasteiger partial charge is 0.322 e. The summed E-state index contributed by atoms with van der Waals surface area (Å²) in [7, 11) is 1.71. The molecule has 3 amide bonds. The number of rotatable bonds is 4. The fourth-order valence-corrected chi connectivity index (χ4v) is 3.52. The number of piperidine rings is 1. The normalized spacial score (nSPS) is 14.5. The van der Waals surface area contributed by atoms with E-state index in [9.17, 15) is 9.59 Å². The molecule has 1 saturated heterocycles. The van der Waals surface area contributed by atoms with Crippen molar-refractivity contribution in [2.75, 3.05) is 23.8 Å². The van der Waals surface area contributed by atoms with Gasteiger partial charge < -0.3 is 15.1 Å². The number of carbonyl (C=O) groups excluding carboxylic acids is 2. The first-order valence-electron chi connectivity index (χ1n) is 8.25. The molecule has 2 heterocycles. The van der Waals surface area contributed by atoms with Crippen LogP contribution in [0.25, 0.3) is 0 Å². The van der Waals surface area contributed by atoms with Gasteiger partial charge in [-0.3, -0.25) is 4.79 Å². The molecule has 8 heteroatoms. The zero-order valence-electron chi connectivity index (χ0n) is 14.4. The molecule has 0 saturated carbocycles. The molecule has 132 valence electrons. The maximum Gasteiger partial charge on any atom is 0.322 e. The summed E-state index contributed by atoms with van der Waals surface area (Å²) in [6.07, 6.45) is 2.46. The SMILES string of the molecule is Cc1nnc(CN(C)C(=O)Nc2ccccc2N2CCCCC2=O)s1. The van der Waals surface area contributed by atoms with Gasteiger partial charge in [-0.25, -0.2) is 4.79 Å². The van der Waals surface area contributed by atoms with Crippen LogP contribution in [0, 0.1) is 6.92 Å². The third kappa shape index (κ3) is 4.14. The predicted octanol–water partition coefficient (Wildman–Crippen LogP) is 3.03. The van der Waals surface area contributed by atoms with Crippen LogP contribution in [-0.4, -0.2) is 40.6 Å². The van der Waals surface area contributed by atoms with Crippen molar-refractivity contribution in [2.24, 2.45) is 0 Å². The van der Waals surface area contributed by atoms with Crippen LogP contribution < -0.4 is 10.2 Å². The van der Waals surface area contributed by atoms with Crippen molar-refractivity contribution in [3.63, 3.8) is 0 Å². The molecule has 0 aliphatic carbocycles. The quantitative estimate of drug-likeness (QED) is 0.910. The molecule has 2 aromatic rings. The number of urea groups is 1. The van der Waals surface area contributed by atoms with Crippen LogP contribution in [0.15, 0.2) is 24.3 Å². The highest BCUT2D eigenvalue weighted by Crippen LogP contribution is 2.29. The van der Waals surface area contributed by atoms with E-state index in [4.69, 9.17) is 0 Å². The highest BCUT2D eigenvalue weighted by Gasteiger charge is 2.23. The lowest BCUT2D eigenvalue weighted by atomic mass is 10.1. The van der Waals surface area contributed by atoms with Gasteiger partial charge >= 0.3 is 6.03 Å². The summed E-state index contributed by atoms with van der Waals surface area (Å²) in [5.74, 6) is 0.102.